The molecular weight excluding hydrogens is 314 g/mol. The summed E-state index contributed by atoms with van der Waals surface area (Å²) >= 11 is 0. The number of amides is 2. The summed E-state index contributed by atoms with van der Waals surface area (Å²) in [7, 11) is 0. The number of nitrogens with one attached hydrogen (secondary N) is 2. The lowest BCUT2D eigenvalue weighted by molar-refractivity contribution is 0.262. The Hall–Kier alpha value is -3.34. The highest BCUT2D eigenvalue weighted by atomic mass is 16.5. The molecule has 3 rings (SSSR count). The molecule has 0 bridgehead atoms. The third kappa shape index (κ3) is 5.07. The second-order valence-electron chi connectivity index (χ2n) is 5.57. The lowest BCUT2D eigenvalue weighted by Gasteiger charge is -2.10. The average Bonchev–Trinajstić information content (AvgIpc) is 2.61. The predicted octanol–water partition coefficient (Wildman–Crippen LogP) is 4.61. The van der Waals surface area contributed by atoms with E-state index in [0.29, 0.717) is 23.7 Å². The maximum atomic E-state index is 12.1. The SMILES string of the molecule is Cc1cc(NC(=O)Nc2cccc(OCc3ccccc3)c2)ccn1. The van der Waals surface area contributed by atoms with Crippen molar-refractivity contribution in [1.82, 2.24) is 4.98 Å². The van der Waals surface area contributed by atoms with Crippen LogP contribution in [0.4, 0.5) is 16.2 Å². The summed E-state index contributed by atoms with van der Waals surface area (Å²) in [5, 5.41) is 5.58. The van der Waals surface area contributed by atoms with Crippen molar-refractivity contribution in [2.24, 2.45) is 0 Å². The first-order chi connectivity index (χ1) is 12.2. The number of hydrogen-bond donors (Lipinski definition) is 2. The standard InChI is InChI=1S/C20H19N3O2/c1-15-12-18(10-11-21-15)23-20(24)22-17-8-5-9-19(13-17)25-14-16-6-3-2-4-7-16/h2-13H,14H2,1H3,(H2,21,22,23,24). The first kappa shape index (κ1) is 16.5. The molecule has 5 nitrogen and oxygen atoms in total. The van der Waals surface area contributed by atoms with Crippen LogP contribution in [0.15, 0.2) is 72.9 Å². The number of carbonyl (C=O) groups is 1. The Bertz CT molecular complexity index is 850. The number of urea groups is 1. The second kappa shape index (κ2) is 7.97. The molecule has 0 atom stereocenters. The molecular formula is C20H19N3O2. The van der Waals surface area contributed by atoms with Gasteiger partial charge in [-0.1, -0.05) is 36.4 Å². The summed E-state index contributed by atoms with van der Waals surface area (Å²) in [5.41, 5.74) is 3.29. The molecule has 0 saturated heterocycles. The summed E-state index contributed by atoms with van der Waals surface area (Å²) in [6.45, 7) is 2.35. The predicted molar refractivity (Wildman–Crippen MR) is 98.8 cm³/mol. The molecule has 2 aromatic carbocycles. The number of anilines is 2. The molecule has 0 fully saturated rings. The van der Waals surface area contributed by atoms with Gasteiger partial charge in [0.1, 0.15) is 12.4 Å². The number of aryl methyl sites for hydroxylation is 1. The highest BCUT2D eigenvalue weighted by Crippen LogP contribution is 2.19. The van der Waals surface area contributed by atoms with Gasteiger partial charge in [-0.3, -0.25) is 4.98 Å². The summed E-state index contributed by atoms with van der Waals surface area (Å²) in [5.74, 6) is 0.696. The van der Waals surface area contributed by atoms with Crippen molar-refractivity contribution < 1.29 is 9.53 Å². The number of ether oxygens (including phenoxy) is 1. The largest absolute Gasteiger partial charge is 0.489 e. The van der Waals surface area contributed by atoms with E-state index in [4.69, 9.17) is 4.74 Å². The summed E-state index contributed by atoms with van der Waals surface area (Å²) in [6.07, 6.45) is 1.66. The summed E-state index contributed by atoms with van der Waals surface area (Å²) in [4.78, 5) is 16.2. The van der Waals surface area contributed by atoms with Crippen LogP contribution in [0.3, 0.4) is 0 Å². The lowest BCUT2D eigenvalue weighted by atomic mass is 10.2. The fraction of sp³-hybridized carbons (Fsp3) is 0.100. The second-order valence-corrected chi connectivity index (χ2v) is 5.57. The van der Waals surface area contributed by atoms with Crippen LogP contribution in [0.25, 0.3) is 0 Å². The molecule has 25 heavy (non-hydrogen) atoms. The van der Waals surface area contributed by atoms with Gasteiger partial charge in [0.25, 0.3) is 0 Å². The lowest BCUT2D eigenvalue weighted by Crippen LogP contribution is -2.19. The minimum Gasteiger partial charge on any atom is -0.489 e. The maximum Gasteiger partial charge on any atom is 0.323 e. The van der Waals surface area contributed by atoms with E-state index in [2.05, 4.69) is 15.6 Å². The Morgan fingerprint density at radius 1 is 0.960 bits per heavy atom. The van der Waals surface area contributed by atoms with Crippen LogP contribution in [-0.2, 0) is 6.61 Å². The summed E-state index contributed by atoms with van der Waals surface area (Å²) in [6, 6.07) is 20.5. The van der Waals surface area contributed by atoms with Gasteiger partial charge >= 0.3 is 6.03 Å². The summed E-state index contributed by atoms with van der Waals surface area (Å²) < 4.78 is 5.77. The third-order valence-corrected chi connectivity index (χ3v) is 3.49. The minimum atomic E-state index is -0.314. The van der Waals surface area contributed by atoms with Crippen molar-refractivity contribution in [1.29, 1.82) is 0 Å². The third-order valence-electron chi connectivity index (χ3n) is 3.49. The van der Waals surface area contributed by atoms with Crippen LogP contribution in [-0.4, -0.2) is 11.0 Å². The number of pyridine rings is 1. The Labute approximate surface area is 146 Å². The number of aromatic nitrogens is 1. The van der Waals surface area contributed by atoms with Crippen LogP contribution in [0.5, 0.6) is 5.75 Å². The highest BCUT2D eigenvalue weighted by molar-refractivity contribution is 5.99. The van der Waals surface area contributed by atoms with E-state index in [1.807, 2.05) is 55.5 Å². The Morgan fingerprint density at radius 2 is 1.72 bits per heavy atom. The van der Waals surface area contributed by atoms with E-state index in [-0.39, 0.29) is 6.03 Å². The molecule has 0 aliphatic heterocycles. The van der Waals surface area contributed by atoms with Crippen molar-refractivity contribution in [2.45, 2.75) is 13.5 Å². The van der Waals surface area contributed by atoms with Gasteiger partial charge in [-0.15, -0.1) is 0 Å². The van der Waals surface area contributed by atoms with Gasteiger partial charge in [0.15, 0.2) is 0 Å². The smallest absolute Gasteiger partial charge is 0.323 e. The first-order valence-corrected chi connectivity index (χ1v) is 7.96. The zero-order valence-electron chi connectivity index (χ0n) is 13.9. The van der Waals surface area contributed by atoms with Crippen LogP contribution in [0, 0.1) is 6.92 Å². The number of rotatable bonds is 5. The Morgan fingerprint density at radius 3 is 2.48 bits per heavy atom. The maximum absolute atomic E-state index is 12.1. The van der Waals surface area contributed by atoms with Crippen molar-refractivity contribution in [3.05, 3.63) is 84.2 Å². The molecule has 2 amide bonds. The van der Waals surface area contributed by atoms with Crippen LogP contribution < -0.4 is 15.4 Å². The van der Waals surface area contributed by atoms with Crippen LogP contribution in [0.2, 0.25) is 0 Å². The van der Waals surface area contributed by atoms with E-state index in [1.165, 1.54) is 0 Å². The molecule has 0 spiro atoms. The molecule has 0 aliphatic carbocycles. The van der Waals surface area contributed by atoms with Crippen LogP contribution >= 0.6 is 0 Å². The van der Waals surface area contributed by atoms with Gasteiger partial charge in [-0.2, -0.15) is 0 Å². The number of nitrogens with zero attached hydrogens (tertiary/aromatic N) is 1. The molecule has 3 aromatic rings. The fourth-order valence-corrected chi connectivity index (χ4v) is 2.32. The first-order valence-electron chi connectivity index (χ1n) is 7.96. The molecule has 0 unspecified atom stereocenters. The van der Waals surface area contributed by atoms with Gasteiger partial charge in [-0.05, 0) is 36.8 Å². The molecule has 1 heterocycles. The monoisotopic (exact) mass is 333 g/mol. The van der Waals surface area contributed by atoms with E-state index in [0.717, 1.165) is 11.3 Å². The topological polar surface area (TPSA) is 63.2 Å². The highest BCUT2D eigenvalue weighted by Gasteiger charge is 2.04. The molecule has 126 valence electrons. The Kier molecular flexibility index (Phi) is 5.26. The van der Waals surface area contributed by atoms with Crippen molar-refractivity contribution in [3.63, 3.8) is 0 Å². The van der Waals surface area contributed by atoms with Gasteiger partial charge in [-0.25, -0.2) is 4.79 Å². The van der Waals surface area contributed by atoms with E-state index >= 15 is 0 Å². The van der Waals surface area contributed by atoms with Crippen molar-refractivity contribution in [3.8, 4) is 5.75 Å². The van der Waals surface area contributed by atoms with Gasteiger partial charge in [0.05, 0.1) is 0 Å². The minimum absolute atomic E-state index is 0.314. The van der Waals surface area contributed by atoms with Crippen LogP contribution in [0.1, 0.15) is 11.3 Å². The normalized spacial score (nSPS) is 10.1. The number of carbonyl (C=O) groups excluding carboxylic acids is 1. The molecule has 2 N–H and O–H groups in total. The fourth-order valence-electron chi connectivity index (χ4n) is 2.32. The van der Waals surface area contributed by atoms with Crippen molar-refractivity contribution >= 4 is 17.4 Å². The molecule has 1 aromatic heterocycles. The molecule has 0 saturated carbocycles. The Balaban J connectivity index is 1.58. The molecule has 0 aliphatic rings. The average molecular weight is 333 g/mol. The van der Waals surface area contributed by atoms with Gasteiger partial charge in [0, 0.05) is 29.3 Å². The number of benzene rings is 2. The van der Waals surface area contributed by atoms with Crippen molar-refractivity contribution in [2.75, 3.05) is 10.6 Å². The van der Waals surface area contributed by atoms with E-state index < -0.39 is 0 Å². The van der Waals surface area contributed by atoms with E-state index in [1.54, 1.807) is 24.4 Å². The van der Waals surface area contributed by atoms with Gasteiger partial charge in [0.2, 0.25) is 0 Å². The zero-order valence-corrected chi connectivity index (χ0v) is 13.9. The quantitative estimate of drug-likeness (QED) is 0.716. The zero-order chi connectivity index (χ0) is 17.5. The molecule has 5 heteroatoms. The molecule has 0 radical (unpaired) electrons. The number of hydrogen-bond acceptors (Lipinski definition) is 3. The van der Waals surface area contributed by atoms with E-state index in [9.17, 15) is 4.79 Å². The van der Waals surface area contributed by atoms with Gasteiger partial charge < -0.3 is 15.4 Å².